The van der Waals surface area contributed by atoms with Crippen LogP contribution in [-0.4, -0.2) is 103 Å². The summed E-state index contributed by atoms with van der Waals surface area (Å²) in [5, 5.41) is 5.95. The molecule has 1 aliphatic heterocycles. The monoisotopic (exact) mass is 577 g/mol. The van der Waals surface area contributed by atoms with E-state index in [4.69, 9.17) is 30.5 Å². The van der Waals surface area contributed by atoms with Crippen LogP contribution in [0.5, 0.6) is 5.75 Å². The Morgan fingerprint density at radius 1 is 1.18 bits per heavy atom. The number of piperidine rings is 1. The fourth-order valence-corrected chi connectivity index (χ4v) is 4.15. The van der Waals surface area contributed by atoms with Gasteiger partial charge in [0.15, 0.2) is 5.69 Å². The van der Waals surface area contributed by atoms with Gasteiger partial charge in [-0.3, -0.25) is 15.0 Å². The summed E-state index contributed by atoms with van der Waals surface area (Å²) in [6.45, 7) is 4.28. The topological polar surface area (TPSA) is 142 Å². The van der Waals surface area contributed by atoms with Gasteiger partial charge in [0.25, 0.3) is 11.8 Å². The smallest absolute Gasteiger partial charge is 0.417 e. The number of hydrazine groups is 1. The van der Waals surface area contributed by atoms with Crippen LogP contribution >= 0.6 is 11.6 Å². The van der Waals surface area contributed by atoms with Crippen LogP contribution in [0.2, 0.25) is 0 Å². The summed E-state index contributed by atoms with van der Waals surface area (Å²) in [4.78, 5) is 52.5. The number of imide groups is 1. The van der Waals surface area contributed by atoms with Gasteiger partial charge in [-0.1, -0.05) is 12.7 Å². The molecule has 1 N–H and O–H groups in total. The normalized spacial score (nSPS) is 13.8. The number of aromatic nitrogens is 2. The van der Waals surface area contributed by atoms with Crippen molar-refractivity contribution in [1.29, 1.82) is 0 Å². The molecule has 13 nitrogen and oxygen atoms in total. The zero-order valence-electron chi connectivity index (χ0n) is 22.3. The van der Waals surface area contributed by atoms with Gasteiger partial charge in [-0.2, -0.15) is 5.10 Å². The zero-order valence-corrected chi connectivity index (χ0v) is 23.1. The molecule has 216 valence electrons. The summed E-state index contributed by atoms with van der Waals surface area (Å²) >= 11 is 5.55. The number of hydrogen-bond acceptors (Lipinski definition) is 10. The minimum absolute atomic E-state index is 0.0479. The van der Waals surface area contributed by atoms with E-state index in [1.165, 1.54) is 31.0 Å². The number of hydrogen-bond donors (Lipinski definition) is 1. The fourth-order valence-electron chi connectivity index (χ4n) is 4.04. The first kappa shape index (κ1) is 30.6. The lowest BCUT2D eigenvalue weighted by atomic mass is 10.0. The molecule has 0 saturated carbocycles. The van der Waals surface area contributed by atoms with E-state index in [0.29, 0.717) is 37.4 Å². The van der Waals surface area contributed by atoms with E-state index >= 15 is 0 Å². The first-order valence-electron chi connectivity index (χ1n) is 12.4. The van der Waals surface area contributed by atoms with Gasteiger partial charge in [-0.15, -0.1) is 11.6 Å². The Bertz CT molecular complexity index is 1190. The number of amides is 3. The van der Waals surface area contributed by atoms with Crippen LogP contribution in [0.25, 0.3) is 5.69 Å². The molecule has 1 aromatic carbocycles. The average molecular weight is 578 g/mol. The van der Waals surface area contributed by atoms with E-state index in [1.807, 2.05) is 0 Å². The number of esters is 1. The lowest BCUT2D eigenvalue weighted by Gasteiger charge is -2.36. The van der Waals surface area contributed by atoms with E-state index < -0.39 is 24.0 Å². The molecule has 0 radical (unpaired) electrons. The van der Waals surface area contributed by atoms with Crippen LogP contribution in [0, 0.1) is 0 Å². The van der Waals surface area contributed by atoms with Crippen molar-refractivity contribution in [2.24, 2.45) is 0 Å². The molecule has 14 heteroatoms. The minimum Gasteiger partial charge on any atom is -0.497 e. The highest BCUT2D eigenvalue weighted by Gasteiger charge is 2.37. The Balaban J connectivity index is 1.87. The second kappa shape index (κ2) is 15.0. The number of alkyl halides is 1. The summed E-state index contributed by atoms with van der Waals surface area (Å²) in [5.41, 5.74) is 3.03. The van der Waals surface area contributed by atoms with Crippen LogP contribution in [0.15, 0.2) is 43.0 Å². The van der Waals surface area contributed by atoms with Crippen molar-refractivity contribution in [3.8, 4) is 11.4 Å². The summed E-state index contributed by atoms with van der Waals surface area (Å²) in [5.74, 6) is -0.939. The van der Waals surface area contributed by atoms with Gasteiger partial charge in [0.05, 0.1) is 26.5 Å². The molecular weight excluding hydrogens is 546 g/mol. The second-order valence-electron chi connectivity index (χ2n) is 8.55. The summed E-state index contributed by atoms with van der Waals surface area (Å²) in [6, 6.07) is 7.35. The van der Waals surface area contributed by atoms with Crippen molar-refractivity contribution in [2.75, 3.05) is 53.0 Å². The molecule has 1 aliphatic rings. The lowest BCUT2D eigenvalue weighted by molar-refractivity contribution is -0.131. The standard InChI is InChI=1S/C26H32ClN5O8/c1-4-14-40-26(36)31(18-9-12-30(13-10-18)29-23(33)17-39-15-11-27)24(34)22-16-21(25(35)38-3)28-32(22)19-5-7-20(37-2)8-6-19/h4-8,16,18H,1,9-15,17H2,2-3H3,(H,29,33). The van der Waals surface area contributed by atoms with Gasteiger partial charge < -0.3 is 18.9 Å². The summed E-state index contributed by atoms with van der Waals surface area (Å²) in [6.07, 6.45) is 1.21. The highest BCUT2D eigenvalue weighted by molar-refractivity contribution is 6.18. The van der Waals surface area contributed by atoms with Crippen LogP contribution in [0.4, 0.5) is 4.79 Å². The number of nitrogens with zero attached hydrogens (tertiary/aromatic N) is 4. The van der Waals surface area contributed by atoms with Gasteiger partial charge >= 0.3 is 12.1 Å². The van der Waals surface area contributed by atoms with Gasteiger partial charge in [0.2, 0.25) is 0 Å². The molecule has 40 heavy (non-hydrogen) atoms. The Morgan fingerprint density at radius 2 is 1.88 bits per heavy atom. The molecule has 2 heterocycles. The Morgan fingerprint density at radius 3 is 2.48 bits per heavy atom. The van der Waals surface area contributed by atoms with E-state index in [1.54, 1.807) is 29.3 Å². The van der Waals surface area contributed by atoms with Gasteiger partial charge in [-0.25, -0.2) is 24.2 Å². The van der Waals surface area contributed by atoms with E-state index in [0.717, 1.165) is 4.90 Å². The molecule has 0 spiro atoms. The lowest BCUT2D eigenvalue weighted by Crippen LogP contribution is -2.54. The zero-order chi connectivity index (χ0) is 29.1. The highest BCUT2D eigenvalue weighted by Crippen LogP contribution is 2.23. The number of rotatable bonds is 12. The average Bonchev–Trinajstić information content (AvgIpc) is 3.42. The van der Waals surface area contributed by atoms with Crippen LogP contribution in [0.1, 0.15) is 33.8 Å². The number of benzene rings is 1. The van der Waals surface area contributed by atoms with Crippen molar-refractivity contribution in [3.63, 3.8) is 0 Å². The third-order valence-electron chi connectivity index (χ3n) is 5.95. The van der Waals surface area contributed by atoms with E-state index in [9.17, 15) is 19.2 Å². The van der Waals surface area contributed by atoms with Crippen LogP contribution in [-0.2, 0) is 19.0 Å². The van der Waals surface area contributed by atoms with E-state index in [-0.39, 0.29) is 43.0 Å². The fraction of sp³-hybridized carbons (Fsp3) is 0.423. The van der Waals surface area contributed by atoms with Crippen molar-refractivity contribution in [2.45, 2.75) is 18.9 Å². The van der Waals surface area contributed by atoms with Crippen molar-refractivity contribution >= 4 is 35.5 Å². The molecular formula is C26H32ClN5O8. The molecule has 0 aliphatic carbocycles. The maximum absolute atomic E-state index is 13.9. The van der Waals surface area contributed by atoms with Gasteiger partial charge in [0.1, 0.15) is 24.7 Å². The second-order valence-corrected chi connectivity index (χ2v) is 8.93. The predicted octanol–water partition coefficient (Wildman–Crippen LogP) is 2.18. The van der Waals surface area contributed by atoms with Crippen molar-refractivity contribution in [3.05, 3.63) is 54.4 Å². The molecule has 2 aromatic rings. The largest absolute Gasteiger partial charge is 0.497 e. The quantitative estimate of drug-likeness (QED) is 0.173. The minimum atomic E-state index is -0.871. The number of carbonyl (C=O) groups is 4. The molecule has 0 bridgehead atoms. The Kier molecular flexibility index (Phi) is 11.5. The predicted molar refractivity (Wildman–Crippen MR) is 143 cm³/mol. The van der Waals surface area contributed by atoms with Crippen molar-refractivity contribution in [1.82, 2.24) is 25.1 Å². The highest BCUT2D eigenvalue weighted by atomic mass is 35.5. The molecule has 1 fully saturated rings. The Hall–Kier alpha value is -3.94. The number of halogens is 1. The molecule has 0 atom stereocenters. The number of ether oxygens (including phenoxy) is 4. The van der Waals surface area contributed by atoms with Gasteiger partial charge in [-0.05, 0) is 37.1 Å². The van der Waals surface area contributed by atoms with E-state index in [2.05, 4.69) is 17.1 Å². The van der Waals surface area contributed by atoms with Crippen molar-refractivity contribution < 1.29 is 38.1 Å². The first-order valence-corrected chi connectivity index (χ1v) is 13.0. The maximum Gasteiger partial charge on any atom is 0.417 e. The summed E-state index contributed by atoms with van der Waals surface area (Å²) < 4.78 is 21.6. The number of methoxy groups -OCH3 is 2. The third kappa shape index (κ3) is 7.81. The van der Waals surface area contributed by atoms with Gasteiger partial charge in [0, 0.05) is 31.1 Å². The molecule has 1 saturated heterocycles. The summed E-state index contributed by atoms with van der Waals surface area (Å²) in [7, 11) is 2.72. The van der Waals surface area contributed by atoms with Crippen LogP contribution in [0.3, 0.4) is 0 Å². The molecule has 1 aromatic heterocycles. The maximum atomic E-state index is 13.9. The SMILES string of the molecule is C=CCOC(=O)N(C(=O)c1cc(C(=O)OC)nn1-c1ccc(OC)cc1)C1CCN(NC(=O)COCCCl)CC1. The molecule has 3 amide bonds. The van der Waals surface area contributed by atoms with Crippen LogP contribution < -0.4 is 10.2 Å². The number of nitrogens with one attached hydrogen (secondary N) is 1. The molecule has 3 rings (SSSR count). The molecule has 0 unspecified atom stereocenters. The number of carbonyl (C=O) groups excluding carboxylic acids is 4. The first-order chi connectivity index (χ1) is 19.3. The third-order valence-corrected chi connectivity index (χ3v) is 6.10. The Labute approximate surface area is 236 Å².